The van der Waals surface area contributed by atoms with Crippen LogP contribution < -0.4 is 44.8 Å². The van der Waals surface area contributed by atoms with Crippen molar-refractivity contribution in [3.05, 3.63) is 80.4 Å². The van der Waals surface area contributed by atoms with Gasteiger partial charge in [0.2, 0.25) is 17.7 Å². The van der Waals surface area contributed by atoms with E-state index in [1.54, 1.807) is 46.6 Å². The molecule has 146 heavy (non-hydrogen) atoms. The summed E-state index contributed by atoms with van der Waals surface area (Å²) in [5, 5.41) is 27.6. The molecule has 8 rings (SSSR count). The number of fused-ring (bicyclic) bond motifs is 2. The van der Waals surface area contributed by atoms with E-state index in [9.17, 15) is 105 Å². The molecule has 7 unspecified atom stereocenters. The van der Waals surface area contributed by atoms with Crippen LogP contribution in [0, 0.1) is 17.6 Å². The highest BCUT2D eigenvalue weighted by atomic mass is 35.5. The molecule has 0 radical (unpaired) electrons. The number of esters is 2. The Kier molecular flexibility index (Phi) is 72.9. The average Bonchev–Trinajstić information content (AvgIpc) is 1.37. The second kappa shape index (κ2) is 75.9. The molecule has 0 spiro atoms. The molecule has 2 aliphatic carbocycles. The van der Waals surface area contributed by atoms with Gasteiger partial charge in [0.1, 0.15) is 40.7 Å². The van der Waals surface area contributed by atoms with Crippen molar-refractivity contribution in [2.45, 2.75) is 249 Å². The Bertz CT molecular complexity index is 4910. The summed E-state index contributed by atoms with van der Waals surface area (Å²) in [6, 6.07) is 0.904. The van der Waals surface area contributed by atoms with Crippen molar-refractivity contribution in [3.63, 3.8) is 0 Å². The van der Waals surface area contributed by atoms with Gasteiger partial charge in [0.25, 0.3) is 0 Å². The number of piperazine rings is 2. The molecule has 4 aromatic rings. The smallest absolute Gasteiger partial charge is 0.488 e. The van der Waals surface area contributed by atoms with Crippen LogP contribution in [0.3, 0.4) is 0 Å². The monoisotopic (exact) mass is 2260 g/mol. The molecule has 4 aliphatic rings. The first-order valence-electron chi connectivity index (χ1n) is 47.1. The third kappa shape index (κ3) is 51.4. The minimum absolute atomic E-state index is 0.00885. The van der Waals surface area contributed by atoms with E-state index in [1.165, 1.54) is 36.4 Å². The lowest BCUT2D eigenvalue weighted by Crippen LogP contribution is -2.54. The number of rotatable bonds is 47. The maximum atomic E-state index is 15.6. The van der Waals surface area contributed by atoms with Crippen LogP contribution >= 0.6 is 82.4 Å². The molecular weight excluding hydrogens is 2120 g/mol. The molecule has 7 atom stereocenters. The van der Waals surface area contributed by atoms with Crippen molar-refractivity contribution >= 4 is 170 Å². The molecule has 4 fully saturated rings. The summed E-state index contributed by atoms with van der Waals surface area (Å²) in [6.07, 6.45) is 12.5. The Hall–Kier alpha value is -7.77. The van der Waals surface area contributed by atoms with E-state index in [4.69, 9.17) is 83.9 Å². The maximum Gasteiger partial charge on any atom is 0.488 e. The van der Waals surface area contributed by atoms with Gasteiger partial charge in [-0.1, -0.05) is 63.9 Å². The number of carbonyl (C=O) groups is 9. The van der Waals surface area contributed by atoms with Crippen LogP contribution in [0.15, 0.2) is 46.8 Å². The molecule has 0 bridgehead atoms. The Morgan fingerprint density at radius 3 is 1.18 bits per heavy atom. The minimum atomic E-state index is -2.97. The fourth-order valence-electron chi connectivity index (χ4n) is 13.8. The highest BCUT2D eigenvalue weighted by Gasteiger charge is 2.40. The number of hydrogen-bond donors (Lipinski definition) is 3. The van der Waals surface area contributed by atoms with Gasteiger partial charge in [0.15, 0.2) is 35.3 Å². The topological polar surface area (TPSA) is 591 Å². The van der Waals surface area contributed by atoms with Gasteiger partial charge < -0.3 is 129 Å². The number of benzene rings is 2. The van der Waals surface area contributed by atoms with E-state index in [1.807, 2.05) is 90.0 Å². The number of hydrogen-bond acceptors (Lipinski definition) is 39. The third-order valence-corrected chi connectivity index (χ3v) is 29.6. The zero-order valence-corrected chi connectivity index (χ0v) is 94.1. The first-order chi connectivity index (χ1) is 68.9. The number of carboxylic acid groups (broad SMARTS) is 2. The summed E-state index contributed by atoms with van der Waals surface area (Å²) in [7, 11) is -13.6. The summed E-state index contributed by atoms with van der Waals surface area (Å²) >= 11 is 15.0. The van der Waals surface area contributed by atoms with Gasteiger partial charge in [-0.05, 0) is 193 Å². The number of ether oxygens (including phenoxy) is 7. The first kappa shape index (κ1) is 140. The van der Waals surface area contributed by atoms with Gasteiger partial charge in [0.05, 0.1) is 113 Å². The number of halogens is 5. The Morgan fingerprint density at radius 1 is 0.555 bits per heavy atom. The highest BCUT2D eigenvalue weighted by Crippen LogP contribution is 2.57. The average molecular weight is 2270 g/mol. The number of anilines is 2. The van der Waals surface area contributed by atoms with Crippen LogP contribution in [0.1, 0.15) is 241 Å². The van der Waals surface area contributed by atoms with Gasteiger partial charge in [0, 0.05) is 113 Å². The van der Waals surface area contributed by atoms with E-state index in [2.05, 4.69) is 43.4 Å². The normalized spacial score (nSPS) is 14.9. The number of aliphatic hydroxyl groups excluding tert-OH is 1. The quantitative estimate of drug-likeness (QED) is 0.00425. The zero-order chi connectivity index (χ0) is 112. The summed E-state index contributed by atoms with van der Waals surface area (Å²) in [6.45, 7) is 40.3. The van der Waals surface area contributed by atoms with Crippen LogP contribution in [-0.2, 0) is 111 Å². The number of aromatic carboxylic acids is 2. The molecule has 2 aromatic carbocycles. The van der Waals surface area contributed by atoms with Crippen molar-refractivity contribution in [2.24, 2.45) is 5.92 Å². The van der Waals surface area contributed by atoms with Crippen LogP contribution in [0.4, 0.5) is 34.5 Å². The predicted octanol–water partition coefficient (Wildman–Crippen LogP) is 17.6. The number of aldehydes is 2. The number of carboxylic acids is 2. The summed E-state index contributed by atoms with van der Waals surface area (Å²) in [5.74, 6) is -5.96. The van der Waals surface area contributed by atoms with Gasteiger partial charge in [-0.25, -0.2) is 37.5 Å². The van der Waals surface area contributed by atoms with E-state index in [0.717, 1.165) is 76.0 Å². The number of methoxy groups -OCH3 is 2. The molecule has 2 saturated carbocycles. The van der Waals surface area contributed by atoms with Gasteiger partial charge in [-0.2, -0.15) is 0 Å². The number of aliphatic hydroxyl groups is 1. The molecule has 3 N–H and O–H groups in total. The van der Waals surface area contributed by atoms with E-state index >= 15 is 8.78 Å². The number of pyridine rings is 2. The number of amides is 2. The standard InChI is InChI=1S/C27H30FN3O10.C21H23ClFN3O6.C10H23O4P.C10H23O3P.C7H17O3P.C7H12O2.C2H2Cl2O2.3C2H5O3P/c1-15-10-29(7-8-30(15)27(38)41-14-40-21(34)6-3-16(12-32)13-33)23-20(28)9-18-22(25(23)39-2)31(17-4-5-17)11-19(24(18)35)26(36)37;1-11-8-24(5-6-25(11)21(30)32-10-22)17-15(23)7-13-16(19(17)31-2)26(12-3-4-12)9-14(18(13)27)20(28)29;1-4-10(8-7-9-11)15(12,13-5-2)14-6-3;1-5-9-10(6-2)14(11,12-7-3)13-8-4;1-4-7-11(8,9-5-2)10-6-3;1-5-6(8)9-7(2,3)4;3-1-6-2(4)5;3*1-2-5-6(3)4/h9,11-13,15-17H,3-8,10,14H2,1-2H3,(H,36,37);7,9,11-12H,3-6,8,10H2,1-2H3,(H,28,29);10-11H,4-9H2,1-3H3;10H,5-9H2,1-4H3;4-7H2,1-3H3;5H,1H2,2-4H3;1H2;3*2H2,1H3. The third-order valence-electron chi connectivity index (χ3n) is 20.1. The van der Waals surface area contributed by atoms with E-state index in [0.29, 0.717) is 95.3 Å². The molecule has 2 aromatic heterocycles. The largest absolute Gasteiger partial charge is 0.566 e. The van der Waals surface area contributed by atoms with Crippen LogP contribution in [0.5, 0.6) is 11.5 Å². The van der Waals surface area contributed by atoms with Crippen molar-refractivity contribution in [3.8, 4) is 11.5 Å². The van der Waals surface area contributed by atoms with Crippen molar-refractivity contribution in [2.75, 3.05) is 154 Å². The number of alkyl halides is 2. The Balaban J connectivity index is 0. The van der Waals surface area contributed by atoms with E-state index in [-0.39, 0.29) is 147 Å². The molecule has 2 saturated heterocycles. The van der Waals surface area contributed by atoms with Gasteiger partial charge >= 0.3 is 89.0 Å². The first-order valence-corrected chi connectivity index (χ1v) is 56.8. The maximum absolute atomic E-state index is 15.6. The Labute approximate surface area is 868 Å². The van der Waals surface area contributed by atoms with Crippen LogP contribution in [-0.4, -0.2) is 262 Å². The minimum Gasteiger partial charge on any atom is -0.566 e. The van der Waals surface area contributed by atoms with E-state index < -0.39 is 141 Å². The van der Waals surface area contributed by atoms with Gasteiger partial charge in [-0.15, -0.1) is 13.6 Å². The molecule has 45 nitrogen and oxygen atoms in total. The second-order valence-corrected chi connectivity index (χ2v) is 41.5. The van der Waals surface area contributed by atoms with Crippen molar-refractivity contribution < 1.29 is 183 Å². The van der Waals surface area contributed by atoms with Crippen molar-refractivity contribution in [1.29, 1.82) is 0 Å². The Morgan fingerprint density at radius 2 is 0.925 bits per heavy atom. The number of nitrogens with zero attached hydrogens (tertiary/aromatic N) is 6. The predicted molar refractivity (Wildman–Crippen MR) is 540 cm³/mol. The number of aromatic nitrogens is 2. The summed E-state index contributed by atoms with van der Waals surface area (Å²) < 4.78 is 177. The fraction of sp³-hybridized carbons (Fsp3) is 0.678. The lowest BCUT2D eigenvalue weighted by molar-refractivity contribution is -0.186. The summed E-state index contributed by atoms with van der Waals surface area (Å²) in [5.41, 5.74) is -2.76. The molecule has 56 heteroatoms. The lowest BCUT2D eigenvalue weighted by Gasteiger charge is -2.40. The molecular formula is C90H145Cl3F2N6O39P6. The van der Waals surface area contributed by atoms with Crippen LogP contribution in [0.2, 0.25) is 0 Å². The molecule has 834 valence electrons. The molecule has 4 heterocycles. The second-order valence-electron chi connectivity index (χ2n) is 31.8. The van der Waals surface area contributed by atoms with Crippen molar-refractivity contribution in [1.82, 2.24) is 18.9 Å². The SMILES string of the molecule is C=CC(=O)OC(C)(C)C.CCCC(CC)P(=O)(OCC)OCC.CCCP(=O)(OCC)OCC.CCOP(=O)(OCC)C(CC)CCCO.CCO[P+](=O)[O-].CCO[P+](=O)[O-].CCO[P+](=O)[O-].COc1c(N2CCN(C(=O)OCCl)C(C)C2)c(F)cc2c(=O)c(C(=O)O)cn(C3CC3)c12.COc1c(N2CCN(C(=O)OCOC(=O)CCC(C=O)C=O)C(C)C2)c(F)cc2c(=O)c(C(=O)O)cn(C3CC3)c12.O=C(Cl)OCCl. The van der Waals surface area contributed by atoms with Gasteiger partial charge in [-0.3, -0.25) is 28.1 Å². The zero-order valence-electron chi connectivity index (χ0n) is 86.4. The number of carbonyl (C=O) groups excluding carboxylic acids is 7. The highest BCUT2D eigenvalue weighted by molar-refractivity contribution is 7.55. The lowest BCUT2D eigenvalue weighted by atomic mass is 10.1. The van der Waals surface area contributed by atoms with Crippen LogP contribution in [0.25, 0.3) is 21.8 Å². The summed E-state index contributed by atoms with van der Waals surface area (Å²) in [4.78, 5) is 161. The molecule has 2 aliphatic heterocycles. The molecule has 2 amide bonds. The fourth-order valence-corrected chi connectivity index (χ4v) is 20.8.